The highest BCUT2D eigenvalue weighted by molar-refractivity contribution is 7.91. The summed E-state index contributed by atoms with van der Waals surface area (Å²) in [6.07, 6.45) is 3.16. The molecule has 1 atom stereocenters. The van der Waals surface area contributed by atoms with Gasteiger partial charge in [-0.3, -0.25) is 4.99 Å². The van der Waals surface area contributed by atoms with Gasteiger partial charge in [-0.25, -0.2) is 13.4 Å². The summed E-state index contributed by atoms with van der Waals surface area (Å²) in [5.74, 6) is 2.62. The Bertz CT molecular complexity index is 978. The minimum absolute atomic E-state index is 0.128. The van der Waals surface area contributed by atoms with Crippen molar-refractivity contribution < 1.29 is 17.9 Å². The number of nitrogens with one attached hydrogen (secondary N) is 2. The summed E-state index contributed by atoms with van der Waals surface area (Å²) in [4.78, 5) is 8.56. The highest BCUT2D eigenvalue weighted by Gasteiger charge is 2.28. The van der Waals surface area contributed by atoms with E-state index in [0.29, 0.717) is 42.9 Å². The maximum atomic E-state index is 11.7. The average molecular weight is 433 g/mol. The molecule has 0 spiro atoms. The van der Waals surface area contributed by atoms with Gasteiger partial charge in [0.25, 0.3) is 0 Å². The molecule has 0 amide bonds. The molecule has 1 saturated heterocycles. The van der Waals surface area contributed by atoms with Gasteiger partial charge in [-0.15, -0.1) is 0 Å². The molecule has 0 bridgehead atoms. The summed E-state index contributed by atoms with van der Waals surface area (Å²) in [6, 6.07) is 11.1. The zero-order valence-electron chi connectivity index (χ0n) is 17.3. The number of guanidine groups is 1. The van der Waals surface area contributed by atoms with Gasteiger partial charge in [0.1, 0.15) is 0 Å². The molecule has 0 radical (unpaired) electrons. The lowest BCUT2D eigenvalue weighted by Gasteiger charge is -2.17. The van der Waals surface area contributed by atoms with E-state index in [-0.39, 0.29) is 17.5 Å². The molecular weight excluding hydrogens is 404 g/mol. The fourth-order valence-electron chi connectivity index (χ4n) is 3.10. The predicted molar refractivity (Wildman–Crippen MR) is 117 cm³/mol. The number of pyridine rings is 1. The van der Waals surface area contributed by atoms with Crippen LogP contribution < -0.4 is 20.1 Å². The summed E-state index contributed by atoms with van der Waals surface area (Å²) in [6.45, 7) is 3.07. The Morgan fingerprint density at radius 3 is 2.73 bits per heavy atom. The monoisotopic (exact) mass is 432 g/mol. The second-order valence-corrected chi connectivity index (χ2v) is 9.26. The maximum Gasteiger partial charge on any atom is 0.224 e. The van der Waals surface area contributed by atoms with E-state index in [1.165, 1.54) is 0 Å². The number of para-hydroxylation sites is 2. The second kappa shape index (κ2) is 10.3. The summed E-state index contributed by atoms with van der Waals surface area (Å²) >= 11 is 0. The molecule has 3 rings (SSSR count). The predicted octanol–water partition coefficient (Wildman–Crippen LogP) is 2.51. The molecule has 1 aromatic heterocycles. The maximum absolute atomic E-state index is 11.7. The molecule has 1 fully saturated rings. The summed E-state index contributed by atoms with van der Waals surface area (Å²) in [5, 5.41) is 6.38. The van der Waals surface area contributed by atoms with Crippen LogP contribution in [-0.2, 0) is 16.4 Å². The topological polar surface area (TPSA) is 102 Å². The molecular formula is C21H28N4O4S. The van der Waals surface area contributed by atoms with Crippen LogP contribution in [0.15, 0.2) is 47.6 Å². The van der Waals surface area contributed by atoms with Crippen LogP contribution in [-0.4, -0.2) is 50.6 Å². The van der Waals surface area contributed by atoms with Crippen LogP contribution in [0, 0.1) is 0 Å². The lowest BCUT2D eigenvalue weighted by Crippen LogP contribution is -2.43. The highest BCUT2D eigenvalue weighted by Crippen LogP contribution is 2.31. The van der Waals surface area contributed by atoms with E-state index in [1.807, 2.05) is 43.3 Å². The van der Waals surface area contributed by atoms with Gasteiger partial charge in [0.2, 0.25) is 5.88 Å². The van der Waals surface area contributed by atoms with Crippen LogP contribution in [0.5, 0.6) is 17.4 Å². The Morgan fingerprint density at radius 2 is 2.03 bits per heavy atom. The Morgan fingerprint density at radius 1 is 1.23 bits per heavy atom. The first-order valence-corrected chi connectivity index (χ1v) is 11.8. The van der Waals surface area contributed by atoms with E-state index in [1.54, 1.807) is 13.2 Å². The summed E-state index contributed by atoms with van der Waals surface area (Å²) in [7, 11) is -1.30. The zero-order chi connectivity index (χ0) is 21.4. The van der Waals surface area contributed by atoms with E-state index in [2.05, 4.69) is 20.6 Å². The summed E-state index contributed by atoms with van der Waals surface area (Å²) < 4.78 is 35.1. The zero-order valence-corrected chi connectivity index (χ0v) is 18.1. The molecule has 162 valence electrons. The first kappa shape index (κ1) is 21.9. The Balaban J connectivity index is 1.66. The normalized spacial score (nSPS) is 18.1. The molecule has 30 heavy (non-hydrogen) atoms. The number of hydrogen-bond acceptors (Lipinski definition) is 6. The quantitative estimate of drug-likeness (QED) is 0.488. The van der Waals surface area contributed by atoms with Gasteiger partial charge in [0, 0.05) is 31.4 Å². The lowest BCUT2D eigenvalue weighted by molar-refractivity contribution is 0.300. The van der Waals surface area contributed by atoms with E-state index < -0.39 is 9.84 Å². The number of sulfone groups is 1. The molecule has 0 aliphatic carbocycles. The van der Waals surface area contributed by atoms with Crippen molar-refractivity contribution in [3.05, 3.63) is 48.2 Å². The van der Waals surface area contributed by atoms with Crippen molar-refractivity contribution >= 4 is 15.8 Å². The highest BCUT2D eigenvalue weighted by atomic mass is 32.2. The van der Waals surface area contributed by atoms with Crippen molar-refractivity contribution in [1.82, 2.24) is 15.6 Å². The molecule has 1 aromatic carbocycles. The van der Waals surface area contributed by atoms with Crippen molar-refractivity contribution in [3.63, 3.8) is 0 Å². The molecule has 1 aliphatic rings. The van der Waals surface area contributed by atoms with Gasteiger partial charge < -0.3 is 20.1 Å². The number of hydrogen-bond donors (Lipinski definition) is 2. The van der Waals surface area contributed by atoms with Gasteiger partial charge in [-0.1, -0.05) is 25.1 Å². The number of ether oxygens (including phenoxy) is 2. The molecule has 0 saturated carbocycles. The fourth-order valence-corrected chi connectivity index (χ4v) is 4.77. The SMILES string of the molecule is CCCOc1ccccc1Oc1ncccc1CNC(=NC)NC1CCS(=O)(=O)C1. The van der Waals surface area contributed by atoms with Gasteiger partial charge in [0.15, 0.2) is 27.3 Å². The van der Waals surface area contributed by atoms with Crippen molar-refractivity contribution in [2.75, 3.05) is 25.2 Å². The van der Waals surface area contributed by atoms with Crippen LogP contribution in [0.2, 0.25) is 0 Å². The van der Waals surface area contributed by atoms with Crippen LogP contribution in [0.4, 0.5) is 0 Å². The molecule has 2 aromatic rings. The van der Waals surface area contributed by atoms with E-state index in [0.717, 1.165) is 12.0 Å². The molecule has 1 unspecified atom stereocenters. The van der Waals surface area contributed by atoms with Crippen molar-refractivity contribution in [2.24, 2.45) is 4.99 Å². The third-order valence-electron chi connectivity index (χ3n) is 4.61. The third-order valence-corrected chi connectivity index (χ3v) is 6.38. The van der Waals surface area contributed by atoms with Crippen LogP contribution >= 0.6 is 0 Å². The molecule has 1 aliphatic heterocycles. The minimum Gasteiger partial charge on any atom is -0.490 e. The van der Waals surface area contributed by atoms with Crippen molar-refractivity contribution in [3.8, 4) is 17.4 Å². The number of aliphatic imine (C=N–C) groups is 1. The second-order valence-electron chi connectivity index (χ2n) is 7.04. The Kier molecular flexibility index (Phi) is 7.51. The first-order chi connectivity index (χ1) is 14.5. The van der Waals surface area contributed by atoms with E-state index in [4.69, 9.17) is 9.47 Å². The smallest absolute Gasteiger partial charge is 0.224 e. The van der Waals surface area contributed by atoms with Crippen molar-refractivity contribution in [2.45, 2.75) is 32.4 Å². The standard InChI is InChI=1S/C21H28N4O4S/c1-3-12-28-18-8-4-5-9-19(18)29-20-16(7-6-11-23-20)14-24-21(22-2)25-17-10-13-30(26,27)15-17/h4-9,11,17H,3,10,12-15H2,1-2H3,(H2,22,24,25). The van der Waals surface area contributed by atoms with E-state index >= 15 is 0 Å². The van der Waals surface area contributed by atoms with Gasteiger partial charge >= 0.3 is 0 Å². The number of nitrogens with zero attached hydrogens (tertiary/aromatic N) is 2. The third kappa shape index (κ3) is 6.09. The van der Waals surface area contributed by atoms with Gasteiger partial charge in [-0.05, 0) is 31.0 Å². The Labute approximate surface area is 177 Å². The Hall–Kier alpha value is -2.81. The number of rotatable bonds is 8. The van der Waals surface area contributed by atoms with Crippen LogP contribution in [0.3, 0.4) is 0 Å². The minimum atomic E-state index is -2.96. The van der Waals surface area contributed by atoms with Crippen LogP contribution in [0.1, 0.15) is 25.3 Å². The van der Waals surface area contributed by atoms with Crippen LogP contribution in [0.25, 0.3) is 0 Å². The van der Waals surface area contributed by atoms with Gasteiger partial charge in [-0.2, -0.15) is 0 Å². The fraction of sp³-hybridized carbons (Fsp3) is 0.429. The largest absolute Gasteiger partial charge is 0.490 e. The first-order valence-electron chi connectivity index (χ1n) is 10.0. The average Bonchev–Trinajstić information content (AvgIpc) is 3.09. The number of benzene rings is 1. The molecule has 9 heteroatoms. The van der Waals surface area contributed by atoms with Crippen molar-refractivity contribution in [1.29, 1.82) is 0 Å². The van der Waals surface area contributed by atoms with Gasteiger partial charge in [0.05, 0.1) is 18.1 Å². The molecule has 8 nitrogen and oxygen atoms in total. The molecule has 2 N–H and O–H groups in total. The van der Waals surface area contributed by atoms with E-state index in [9.17, 15) is 8.42 Å². The number of aromatic nitrogens is 1. The molecule has 2 heterocycles. The lowest BCUT2D eigenvalue weighted by atomic mass is 10.2. The summed E-state index contributed by atoms with van der Waals surface area (Å²) in [5.41, 5.74) is 0.838.